The molecule has 2 saturated carbocycles. The lowest BCUT2D eigenvalue weighted by atomic mass is 9.62. The van der Waals surface area contributed by atoms with Crippen LogP contribution in [0.5, 0.6) is 0 Å². The van der Waals surface area contributed by atoms with E-state index < -0.39 is 0 Å². The Morgan fingerprint density at radius 1 is 1.05 bits per heavy atom. The molecule has 0 aromatic rings. The maximum absolute atomic E-state index is 10.3. The summed E-state index contributed by atoms with van der Waals surface area (Å²) in [5, 5.41) is 10.3. The molecule has 116 valence electrons. The predicted molar refractivity (Wildman–Crippen MR) is 86.5 cm³/mol. The van der Waals surface area contributed by atoms with Gasteiger partial charge in [0.05, 0.1) is 6.10 Å². The van der Waals surface area contributed by atoms with Crippen LogP contribution >= 0.6 is 0 Å². The third-order valence-corrected chi connectivity index (χ3v) is 6.57. The molecule has 0 saturated heterocycles. The molecule has 20 heavy (non-hydrogen) atoms. The van der Waals surface area contributed by atoms with E-state index >= 15 is 0 Å². The van der Waals surface area contributed by atoms with E-state index in [-0.39, 0.29) is 6.10 Å². The SMILES string of the molecule is CC(C)C(C)C=CC(C)C1CCC2C(O)CCC[C@]12C. The third kappa shape index (κ3) is 2.98. The zero-order valence-corrected chi connectivity index (χ0v) is 14.1. The fourth-order valence-electron chi connectivity index (χ4n) is 4.76. The fraction of sp³-hybridized carbons (Fsp3) is 0.895. The number of allylic oxidation sites excluding steroid dienone is 2. The monoisotopic (exact) mass is 278 g/mol. The van der Waals surface area contributed by atoms with Crippen molar-refractivity contribution in [3.8, 4) is 0 Å². The van der Waals surface area contributed by atoms with Gasteiger partial charge in [0.15, 0.2) is 0 Å². The number of aliphatic hydroxyl groups is 1. The predicted octanol–water partition coefficient (Wildman–Crippen LogP) is 5.05. The Balaban J connectivity index is 2.05. The summed E-state index contributed by atoms with van der Waals surface area (Å²) in [5.41, 5.74) is 0.377. The number of rotatable bonds is 4. The molecular weight excluding hydrogens is 244 g/mol. The highest BCUT2D eigenvalue weighted by Gasteiger charge is 2.51. The molecule has 2 rings (SSSR count). The van der Waals surface area contributed by atoms with Crippen LogP contribution in [0.1, 0.15) is 66.7 Å². The molecule has 0 amide bonds. The summed E-state index contributed by atoms with van der Waals surface area (Å²) < 4.78 is 0. The standard InChI is InChI=1S/C19H34O/c1-13(2)14(3)8-9-15(4)16-10-11-17-18(20)7-6-12-19(16,17)5/h8-9,13-18,20H,6-7,10-12H2,1-5H3/t14?,15?,16?,17?,18?,19-/m1/s1. The van der Waals surface area contributed by atoms with E-state index in [0.717, 1.165) is 18.3 Å². The molecule has 0 aromatic heterocycles. The van der Waals surface area contributed by atoms with Gasteiger partial charge in [-0.25, -0.2) is 0 Å². The normalized spacial score (nSPS) is 41.0. The Hall–Kier alpha value is -0.300. The molecule has 0 heterocycles. The van der Waals surface area contributed by atoms with Gasteiger partial charge in [-0.3, -0.25) is 0 Å². The van der Waals surface area contributed by atoms with Gasteiger partial charge < -0.3 is 5.11 Å². The zero-order chi connectivity index (χ0) is 14.9. The third-order valence-electron chi connectivity index (χ3n) is 6.57. The largest absolute Gasteiger partial charge is 0.393 e. The van der Waals surface area contributed by atoms with Gasteiger partial charge in [0.1, 0.15) is 0 Å². The maximum Gasteiger partial charge on any atom is 0.0573 e. The number of hydrogen-bond donors (Lipinski definition) is 1. The van der Waals surface area contributed by atoms with E-state index in [1.807, 2.05) is 0 Å². The first-order valence-electron chi connectivity index (χ1n) is 8.72. The average Bonchev–Trinajstić information content (AvgIpc) is 2.74. The van der Waals surface area contributed by atoms with Crippen LogP contribution in [0, 0.1) is 35.0 Å². The lowest BCUT2D eigenvalue weighted by Crippen LogP contribution is -2.41. The van der Waals surface area contributed by atoms with Gasteiger partial charge in [-0.2, -0.15) is 0 Å². The molecule has 1 heteroatoms. The molecule has 6 atom stereocenters. The van der Waals surface area contributed by atoms with Crippen LogP contribution in [0.15, 0.2) is 12.2 Å². The van der Waals surface area contributed by atoms with E-state index in [9.17, 15) is 5.11 Å². The minimum absolute atomic E-state index is 0.0375. The first-order chi connectivity index (χ1) is 9.36. The van der Waals surface area contributed by atoms with Crippen molar-refractivity contribution in [3.63, 3.8) is 0 Å². The Kier molecular flexibility index (Phi) is 5.00. The van der Waals surface area contributed by atoms with Gasteiger partial charge in [-0.1, -0.05) is 53.2 Å². The van der Waals surface area contributed by atoms with Crippen molar-refractivity contribution in [1.29, 1.82) is 0 Å². The van der Waals surface area contributed by atoms with Gasteiger partial charge in [-0.05, 0) is 60.7 Å². The molecule has 0 spiro atoms. The first kappa shape index (κ1) is 16.1. The van der Waals surface area contributed by atoms with E-state index in [1.54, 1.807) is 0 Å². The molecule has 1 nitrogen and oxygen atoms in total. The van der Waals surface area contributed by atoms with Crippen LogP contribution in [-0.4, -0.2) is 11.2 Å². The van der Waals surface area contributed by atoms with Gasteiger partial charge in [0.2, 0.25) is 0 Å². The van der Waals surface area contributed by atoms with Crippen molar-refractivity contribution >= 4 is 0 Å². The van der Waals surface area contributed by atoms with Crippen LogP contribution in [-0.2, 0) is 0 Å². The summed E-state index contributed by atoms with van der Waals surface area (Å²) in [6, 6.07) is 0. The molecule has 0 aliphatic heterocycles. The maximum atomic E-state index is 10.3. The summed E-state index contributed by atoms with van der Waals surface area (Å²) in [6.07, 6.45) is 10.9. The zero-order valence-electron chi connectivity index (χ0n) is 14.1. The van der Waals surface area contributed by atoms with Crippen molar-refractivity contribution in [2.45, 2.75) is 72.8 Å². The summed E-state index contributed by atoms with van der Waals surface area (Å²) in [5.74, 6) is 3.36. The van der Waals surface area contributed by atoms with Gasteiger partial charge in [0, 0.05) is 0 Å². The quantitative estimate of drug-likeness (QED) is 0.714. The molecule has 0 bridgehead atoms. The molecule has 2 aliphatic carbocycles. The molecule has 2 aliphatic rings. The molecular formula is C19H34O. The van der Waals surface area contributed by atoms with Gasteiger partial charge in [-0.15, -0.1) is 0 Å². The molecule has 2 fully saturated rings. The number of aliphatic hydroxyl groups excluding tert-OH is 1. The minimum atomic E-state index is -0.0375. The summed E-state index contributed by atoms with van der Waals surface area (Å²) in [7, 11) is 0. The van der Waals surface area contributed by atoms with Crippen LogP contribution in [0.3, 0.4) is 0 Å². The highest BCUT2D eigenvalue weighted by atomic mass is 16.3. The van der Waals surface area contributed by atoms with Crippen molar-refractivity contribution < 1.29 is 5.11 Å². The molecule has 0 radical (unpaired) electrons. The molecule has 1 N–H and O–H groups in total. The lowest BCUT2D eigenvalue weighted by Gasteiger charge is -2.44. The van der Waals surface area contributed by atoms with E-state index in [4.69, 9.17) is 0 Å². The number of hydrogen-bond acceptors (Lipinski definition) is 1. The lowest BCUT2D eigenvalue weighted by molar-refractivity contribution is -0.0231. The van der Waals surface area contributed by atoms with Gasteiger partial charge >= 0.3 is 0 Å². The Labute approximate surface area is 125 Å². The highest BCUT2D eigenvalue weighted by Crippen LogP contribution is 2.57. The van der Waals surface area contributed by atoms with Crippen molar-refractivity contribution in [3.05, 3.63) is 12.2 Å². The van der Waals surface area contributed by atoms with Crippen LogP contribution < -0.4 is 0 Å². The van der Waals surface area contributed by atoms with Crippen molar-refractivity contribution in [1.82, 2.24) is 0 Å². The second-order valence-electron chi connectivity index (χ2n) is 8.10. The Morgan fingerprint density at radius 3 is 2.40 bits per heavy atom. The summed E-state index contributed by atoms with van der Waals surface area (Å²) >= 11 is 0. The smallest absolute Gasteiger partial charge is 0.0573 e. The highest BCUT2D eigenvalue weighted by molar-refractivity contribution is 5.05. The van der Waals surface area contributed by atoms with E-state index in [1.165, 1.54) is 25.7 Å². The van der Waals surface area contributed by atoms with Gasteiger partial charge in [0.25, 0.3) is 0 Å². The second kappa shape index (κ2) is 6.22. The first-order valence-corrected chi connectivity index (χ1v) is 8.72. The topological polar surface area (TPSA) is 20.2 Å². The van der Waals surface area contributed by atoms with Crippen molar-refractivity contribution in [2.75, 3.05) is 0 Å². The minimum Gasteiger partial charge on any atom is -0.393 e. The second-order valence-corrected chi connectivity index (χ2v) is 8.10. The Morgan fingerprint density at radius 2 is 1.75 bits per heavy atom. The molecule has 5 unspecified atom stereocenters. The number of fused-ring (bicyclic) bond motifs is 1. The van der Waals surface area contributed by atoms with Crippen LogP contribution in [0.25, 0.3) is 0 Å². The van der Waals surface area contributed by atoms with Crippen molar-refractivity contribution in [2.24, 2.45) is 35.0 Å². The summed E-state index contributed by atoms with van der Waals surface area (Å²) in [6.45, 7) is 11.8. The fourth-order valence-corrected chi connectivity index (χ4v) is 4.76. The van der Waals surface area contributed by atoms with E-state index in [2.05, 4.69) is 46.8 Å². The van der Waals surface area contributed by atoms with Crippen LogP contribution in [0.2, 0.25) is 0 Å². The van der Waals surface area contributed by atoms with Crippen LogP contribution in [0.4, 0.5) is 0 Å². The average molecular weight is 278 g/mol. The summed E-state index contributed by atoms with van der Waals surface area (Å²) in [4.78, 5) is 0. The molecule has 0 aromatic carbocycles. The van der Waals surface area contributed by atoms with E-state index in [0.29, 0.717) is 23.2 Å². The Bertz CT molecular complexity index is 346.